The number of benzene rings is 2. The van der Waals surface area contributed by atoms with E-state index in [1.165, 1.54) is 11.3 Å². The van der Waals surface area contributed by atoms with Gasteiger partial charge in [-0.05, 0) is 43.2 Å². The van der Waals surface area contributed by atoms with Gasteiger partial charge in [-0.25, -0.2) is 9.07 Å². The Morgan fingerprint density at radius 2 is 1.93 bits per heavy atom. The fraction of sp³-hybridized carbons (Fsp3) is 0.318. The van der Waals surface area contributed by atoms with E-state index in [0.29, 0.717) is 18.6 Å². The molecule has 2 bridgehead atoms. The molecule has 5 heteroatoms. The molecule has 2 aromatic carbocycles. The van der Waals surface area contributed by atoms with E-state index in [9.17, 15) is 4.39 Å². The van der Waals surface area contributed by atoms with Gasteiger partial charge in [0.05, 0.1) is 24.7 Å². The minimum Gasteiger partial charge on any atom is -0.497 e. The molecule has 0 N–H and O–H groups in total. The van der Waals surface area contributed by atoms with Crippen LogP contribution in [0.5, 0.6) is 5.75 Å². The van der Waals surface area contributed by atoms with Crippen molar-refractivity contribution in [3.05, 3.63) is 77.4 Å². The lowest BCUT2D eigenvalue weighted by Gasteiger charge is -2.35. The number of ether oxygens (including phenoxy) is 1. The van der Waals surface area contributed by atoms with Gasteiger partial charge in [-0.1, -0.05) is 18.2 Å². The summed E-state index contributed by atoms with van der Waals surface area (Å²) in [6, 6.07) is 15.9. The highest BCUT2D eigenvalue weighted by Gasteiger charge is 2.42. The zero-order valence-corrected chi connectivity index (χ0v) is 15.3. The molecule has 27 heavy (non-hydrogen) atoms. The quantitative estimate of drug-likeness (QED) is 0.693. The zero-order valence-electron chi connectivity index (χ0n) is 15.3. The maximum Gasteiger partial charge on any atom is 0.127 e. The number of hydrogen-bond donors (Lipinski definition) is 0. The molecule has 1 fully saturated rings. The zero-order chi connectivity index (χ0) is 18.4. The third-order valence-corrected chi connectivity index (χ3v) is 5.96. The lowest BCUT2D eigenvalue weighted by molar-refractivity contribution is 0.165. The van der Waals surface area contributed by atoms with E-state index < -0.39 is 0 Å². The van der Waals surface area contributed by atoms with Crippen LogP contribution >= 0.6 is 0 Å². The van der Waals surface area contributed by atoms with Crippen molar-refractivity contribution in [2.75, 3.05) is 7.11 Å². The van der Waals surface area contributed by atoms with Gasteiger partial charge >= 0.3 is 0 Å². The van der Waals surface area contributed by atoms with Crippen LogP contribution in [0.3, 0.4) is 0 Å². The molecule has 0 spiro atoms. The SMILES string of the molecule is COc1ccc(-n2ncc3c2C[C@H]2CC[C@H]3N2Cc2ccccc2F)cc1. The molecule has 2 atom stereocenters. The summed E-state index contributed by atoms with van der Waals surface area (Å²) < 4.78 is 21.5. The number of rotatable bonds is 4. The Morgan fingerprint density at radius 1 is 1.11 bits per heavy atom. The van der Waals surface area contributed by atoms with Crippen molar-refractivity contribution in [2.45, 2.75) is 37.9 Å². The lowest BCUT2D eigenvalue weighted by atomic mass is 9.99. The molecule has 2 aliphatic heterocycles. The van der Waals surface area contributed by atoms with Crippen LogP contribution in [0.15, 0.2) is 54.7 Å². The van der Waals surface area contributed by atoms with Gasteiger partial charge in [0, 0.05) is 36.2 Å². The second-order valence-electron chi connectivity index (χ2n) is 7.37. The molecule has 0 unspecified atom stereocenters. The molecule has 0 aliphatic carbocycles. The smallest absolute Gasteiger partial charge is 0.127 e. The second-order valence-corrected chi connectivity index (χ2v) is 7.37. The predicted molar refractivity (Wildman–Crippen MR) is 102 cm³/mol. The Labute approximate surface area is 158 Å². The van der Waals surface area contributed by atoms with Crippen molar-refractivity contribution in [1.82, 2.24) is 14.7 Å². The molecule has 5 rings (SSSR count). The number of hydrogen-bond acceptors (Lipinski definition) is 3. The Hall–Kier alpha value is -2.66. The van der Waals surface area contributed by atoms with Gasteiger partial charge in [-0.2, -0.15) is 5.10 Å². The maximum atomic E-state index is 14.1. The number of fused-ring (bicyclic) bond motifs is 4. The highest BCUT2D eigenvalue weighted by atomic mass is 19.1. The van der Waals surface area contributed by atoms with E-state index in [1.807, 2.05) is 42.6 Å². The molecule has 138 valence electrons. The van der Waals surface area contributed by atoms with Gasteiger partial charge in [-0.3, -0.25) is 4.90 Å². The van der Waals surface area contributed by atoms with Crippen molar-refractivity contribution in [2.24, 2.45) is 0 Å². The molecule has 4 nitrogen and oxygen atoms in total. The third-order valence-electron chi connectivity index (χ3n) is 5.96. The molecule has 2 aliphatic rings. The summed E-state index contributed by atoms with van der Waals surface area (Å²) in [7, 11) is 1.67. The first-order valence-electron chi connectivity index (χ1n) is 9.45. The topological polar surface area (TPSA) is 30.3 Å². The van der Waals surface area contributed by atoms with E-state index in [-0.39, 0.29) is 5.82 Å². The van der Waals surface area contributed by atoms with Crippen molar-refractivity contribution in [3.8, 4) is 11.4 Å². The lowest BCUT2D eigenvalue weighted by Crippen LogP contribution is -2.37. The first kappa shape index (κ1) is 16.5. The summed E-state index contributed by atoms with van der Waals surface area (Å²) in [6.45, 7) is 0.662. The minimum absolute atomic E-state index is 0.114. The van der Waals surface area contributed by atoms with Crippen molar-refractivity contribution in [3.63, 3.8) is 0 Å². The largest absolute Gasteiger partial charge is 0.497 e. The fourth-order valence-corrected chi connectivity index (χ4v) is 4.59. The molecule has 0 saturated carbocycles. The average molecular weight is 363 g/mol. The van der Waals surface area contributed by atoms with Gasteiger partial charge in [0.2, 0.25) is 0 Å². The molecule has 3 aromatic rings. The summed E-state index contributed by atoms with van der Waals surface area (Å²) >= 11 is 0. The monoisotopic (exact) mass is 363 g/mol. The van der Waals surface area contributed by atoms with Gasteiger partial charge in [0.25, 0.3) is 0 Å². The number of nitrogens with zero attached hydrogens (tertiary/aromatic N) is 3. The van der Waals surface area contributed by atoms with Crippen LogP contribution in [0.2, 0.25) is 0 Å². The molecule has 1 aromatic heterocycles. The fourth-order valence-electron chi connectivity index (χ4n) is 4.59. The summed E-state index contributed by atoms with van der Waals surface area (Å²) in [5.74, 6) is 0.729. The van der Waals surface area contributed by atoms with Gasteiger partial charge in [0.15, 0.2) is 0 Å². The maximum absolute atomic E-state index is 14.1. The normalized spacial score (nSPS) is 21.3. The average Bonchev–Trinajstić information content (AvgIpc) is 3.24. The van der Waals surface area contributed by atoms with Gasteiger partial charge in [-0.15, -0.1) is 0 Å². The molecular formula is C22H22FN3O. The summed E-state index contributed by atoms with van der Waals surface area (Å²) in [5.41, 5.74) is 4.41. The van der Waals surface area contributed by atoms with E-state index in [2.05, 4.69) is 14.7 Å². The molecule has 3 heterocycles. The molecule has 0 amide bonds. The van der Waals surface area contributed by atoms with E-state index in [1.54, 1.807) is 19.2 Å². The minimum atomic E-state index is -0.114. The summed E-state index contributed by atoms with van der Waals surface area (Å²) in [4.78, 5) is 2.46. The van der Waals surface area contributed by atoms with Crippen LogP contribution < -0.4 is 4.74 Å². The summed E-state index contributed by atoms with van der Waals surface area (Å²) in [6.07, 6.45) is 5.21. The van der Waals surface area contributed by atoms with Crippen LogP contribution in [0, 0.1) is 5.82 Å². The van der Waals surface area contributed by atoms with E-state index in [4.69, 9.17) is 4.74 Å². The summed E-state index contributed by atoms with van der Waals surface area (Å²) in [5, 5.41) is 4.68. The van der Waals surface area contributed by atoms with Crippen LogP contribution in [0.4, 0.5) is 4.39 Å². The Morgan fingerprint density at radius 3 is 2.70 bits per heavy atom. The first-order chi connectivity index (χ1) is 13.2. The number of aromatic nitrogens is 2. The second kappa shape index (κ2) is 6.50. The Kier molecular flexibility index (Phi) is 3.97. The van der Waals surface area contributed by atoms with Gasteiger partial charge in [0.1, 0.15) is 11.6 Å². The van der Waals surface area contributed by atoms with E-state index in [0.717, 1.165) is 36.3 Å². The van der Waals surface area contributed by atoms with Crippen molar-refractivity contribution >= 4 is 0 Å². The van der Waals surface area contributed by atoms with Crippen LogP contribution in [-0.4, -0.2) is 27.8 Å². The van der Waals surface area contributed by atoms with E-state index >= 15 is 0 Å². The van der Waals surface area contributed by atoms with Crippen molar-refractivity contribution < 1.29 is 9.13 Å². The molecule has 0 radical (unpaired) electrons. The van der Waals surface area contributed by atoms with Crippen molar-refractivity contribution in [1.29, 1.82) is 0 Å². The highest BCUT2D eigenvalue weighted by Crippen LogP contribution is 2.45. The molecular weight excluding hydrogens is 341 g/mol. The van der Waals surface area contributed by atoms with Crippen LogP contribution in [-0.2, 0) is 13.0 Å². The van der Waals surface area contributed by atoms with Crippen LogP contribution in [0.1, 0.15) is 35.7 Å². The number of methoxy groups -OCH3 is 1. The molecule has 1 saturated heterocycles. The Bertz CT molecular complexity index is 966. The standard InChI is InChI=1S/C22H22FN3O/c1-27-18-9-6-16(7-10-18)26-22-12-17-8-11-21(19(22)13-24-26)25(17)14-15-4-2-3-5-20(15)23/h2-7,9-10,13,17,21H,8,11-12,14H2,1H3/t17-,21-/m1/s1. The highest BCUT2D eigenvalue weighted by molar-refractivity contribution is 5.41. The van der Waals surface area contributed by atoms with Crippen LogP contribution in [0.25, 0.3) is 5.69 Å². The Balaban J connectivity index is 1.46. The third kappa shape index (κ3) is 2.73. The number of halogens is 1. The van der Waals surface area contributed by atoms with Gasteiger partial charge < -0.3 is 4.74 Å². The first-order valence-corrected chi connectivity index (χ1v) is 9.45. The predicted octanol–water partition coefficient (Wildman–Crippen LogP) is 4.28.